The van der Waals surface area contributed by atoms with Crippen molar-refractivity contribution in [2.45, 2.75) is 0 Å². The van der Waals surface area contributed by atoms with Crippen LogP contribution in [-0.2, 0) is 0 Å². The smallest absolute Gasteiger partial charge is 0.207 e. The number of nitrogens with zero attached hydrogens (tertiary/aromatic N) is 5. The Hall–Kier alpha value is -2.21. The highest BCUT2D eigenvalue weighted by molar-refractivity contribution is 6.32. The molecular weight excluding hydrogens is 240 g/mol. The summed E-state index contributed by atoms with van der Waals surface area (Å²) >= 11 is 6.08. The van der Waals surface area contributed by atoms with Crippen molar-refractivity contribution in [3.05, 3.63) is 41.7 Å². The van der Waals surface area contributed by atoms with E-state index in [2.05, 4.69) is 25.7 Å². The lowest BCUT2D eigenvalue weighted by Gasteiger charge is -2.02. The lowest BCUT2D eigenvalue weighted by molar-refractivity contribution is 0.881. The molecule has 0 spiro atoms. The summed E-state index contributed by atoms with van der Waals surface area (Å²) in [5, 5.41) is 18.5. The number of nitrogens with one attached hydrogen (secondary N) is 1. The van der Waals surface area contributed by atoms with Gasteiger partial charge in [0.05, 0.1) is 22.5 Å². The third kappa shape index (κ3) is 1.78. The van der Waals surface area contributed by atoms with Crippen LogP contribution >= 0.6 is 11.6 Å². The van der Waals surface area contributed by atoms with E-state index in [1.54, 1.807) is 17.1 Å². The van der Waals surface area contributed by atoms with Gasteiger partial charge in [-0.2, -0.15) is 10.3 Å². The van der Waals surface area contributed by atoms with Gasteiger partial charge in [-0.1, -0.05) is 23.7 Å². The zero-order valence-corrected chi connectivity index (χ0v) is 9.33. The van der Waals surface area contributed by atoms with Crippen molar-refractivity contribution in [1.29, 1.82) is 0 Å². The van der Waals surface area contributed by atoms with Gasteiger partial charge in [-0.3, -0.25) is 0 Å². The molecule has 0 fully saturated rings. The Kier molecular flexibility index (Phi) is 2.34. The molecule has 84 valence electrons. The van der Waals surface area contributed by atoms with Gasteiger partial charge in [0, 0.05) is 6.20 Å². The normalized spacial score (nSPS) is 10.6. The molecule has 0 radical (unpaired) electrons. The highest BCUT2D eigenvalue weighted by Crippen LogP contribution is 2.21. The van der Waals surface area contributed by atoms with E-state index >= 15 is 0 Å². The fourth-order valence-corrected chi connectivity index (χ4v) is 1.71. The van der Waals surface area contributed by atoms with Crippen molar-refractivity contribution in [2.24, 2.45) is 0 Å². The van der Waals surface area contributed by atoms with E-state index in [1.807, 2.05) is 24.3 Å². The molecule has 0 saturated carbocycles. The molecule has 0 aliphatic rings. The van der Waals surface area contributed by atoms with Crippen LogP contribution in [0, 0.1) is 0 Å². The Labute approximate surface area is 101 Å². The maximum absolute atomic E-state index is 6.08. The van der Waals surface area contributed by atoms with Crippen LogP contribution in [0.1, 0.15) is 0 Å². The Morgan fingerprint density at radius 1 is 1.24 bits per heavy atom. The average Bonchev–Trinajstić information content (AvgIpc) is 3.00. The summed E-state index contributed by atoms with van der Waals surface area (Å²) in [5.74, 6) is 0.503. The Morgan fingerprint density at radius 2 is 2.12 bits per heavy atom. The van der Waals surface area contributed by atoms with Gasteiger partial charge < -0.3 is 0 Å². The van der Waals surface area contributed by atoms with Gasteiger partial charge in [-0.25, -0.2) is 4.68 Å². The molecule has 0 aliphatic carbocycles. The molecular formula is C10H7ClN6. The molecule has 3 rings (SSSR count). The highest BCUT2D eigenvalue weighted by Gasteiger charge is 2.08. The first-order chi connectivity index (χ1) is 8.34. The summed E-state index contributed by atoms with van der Waals surface area (Å²) in [7, 11) is 0. The summed E-state index contributed by atoms with van der Waals surface area (Å²) in [4.78, 5) is 0. The zero-order chi connectivity index (χ0) is 11.7. The Balaban J connectivity index is 2.04. The third-order valence-electron chi connectivity index (χ3n) is 2.29. The minimum Gasteiger partial charge on any atom is -0.239 e. The van der Waals surface area contributed by atoms with E-state index in [9.17, 15) is 0 Å². The molecule has 0 amide bonds. The molecule has 2 aromatic heterocycles. The van der Waals surface area contributed by atoms with Gasteiger partial charge in [0.2, 0.25) is 5.82 Å². The van der Waals surface area contributed by atoms with E-state index in [-0.39, 0.29) is 0 Å². The second kappa shape index (κ2) is 3.99. The number of aromatic nitrogens is 6. The number of rotatable bonds is 2. The maximum Gasteiger partial charge on any atom is 0.207 e. The van der Waals surface area contributed by atoms with Crippen molar-refractivity contribution < 1.29 is 0 Å². The summed E-state index contributed by atoms with van der Waals surface area (Å²) in [5.41, 5.74) is 1.59. The van der Waals surface area contributed by atoms with E-state index < -0.39 is 0 Å². The molecule has 7 heteroatoms. The van der Waals surface area contributed by atoms with Gasteiger partial charge in [0.25, 0.3) is 0 Å². The second-order valence-corrected chi connectivity index (χ2v) is 3.77. The number of aromatic amines is 1. The van der Waals surface area contributed by atoms with Gasteiger partial charge in [0.15, 0.2) is 0 Å². The van der Waals surface area contributed by atoms with E-state index in [0.717, 1.165) is 11.3 Å². The van der Waals surface area contributed by atoms with Crippen LogP contribution in [0.25, 0.3) is 17.1 Å². The lowest BCUT2D eigenvalue weighted by atomic mass is 10.3. The molecule has 2 heterocycles. The Morgan fingerprint density at radius 3 is 2.88 bits per heavy atom. The van der Waals surface area contributed by atoms with Crippen LogP contribution in [-0.4, -0.2) is 30.4 Å². The molecule has 1 aromatic carbocycles. The highest BCUT2D eigenvalue weighted by atomic mass is 35.5. The summed E-state index contributed by atoms with van der Waals surface area (Å²) in [6.45, 7) is 0. The lowest BCUT2D eigenvalue weighted by Crippen LogP contribution is -1.94. The quantitative estimate of drug-likeness (QED) is 0.747. The first kappa shape index (κ1) is 9.98. The molecule has 6 nitrogen and oxygen atoms in total. The fraction of sp³-hybridized carbons (Fsp3) is 0. The number of H-pyrrole nitrogens is 1. The van der Waals surface area contributed by atoms with Crippen molar-refractivity contribution >= 4 is 11.6 Å². The van der Waals surface area contributed by atoms with Crippen molar-refractivity contribution in [1.82, 2.24) is 30.4 Å². The monoisotopic (exact) mass is 246 g/mol. The van der Waals surface area contributed by atoms with Crippen LogP contribution < -0.4 is 0 Å². The molecule has 0 bridgehead atoms. The SMILES string of the molecule is Clc1ccccc1-n1cc(-c2nn[nH]n2)cn1. The third-order valence-corrected chi connectivity index (χ3v) is 2.61. The molecule has 0 atom stereocenters. The van der Waals surface area contributed by atoms with Gasteiger partial charge in [-0.15, -0.1) is 10.2 Å². The van der Waals surface area contributed by atoms with Crippen molar-refractivity contribution in [2.75, 3.05) is 0 Å². The first-order valence-electron chi connectivity index (χ1n) is 4.88. The standard InChI is InChI=1S/C10H7ClN6/c11-8-3-1-2-4-9(8)17-6-7(5-12-17)10-13-15-16-14-10/h1-6H,(H,13,14,15,16). The Bertz CT molecular complexity index is 630. The van der Waals surface area contributed by atoms with Crippen molar-refractivity contribution in [3.8, 4) is 17.1 Å². The van der Waals surface area contributed by atoms with Gasteiger partial charge in [0.1, 0.15) is 0 Å². The molecule has 3 aromatic rings. The summed E-state index contributed by atoms with van der Waals surface area (Å²) in [6, 6.07) is 7.47. The number of para-hydroxylation sites is 1. The minimum absolute atomic E-state index is 0.503. The van der Waals surface area contributed by atoms with Gasteiger partial charge >= 0.3 is 0 Å². The van der Waals surface area contributed by atoms with E-state index in [0.29, 0.717) is 10.8 Å². The molecule has 1 N–H and O–H groups in total. The van der Waals surface area contributed by atoms with Crippen LogP contribution in [0.5, 0.6) is 0 Å². The second-order valence-electron chi connectivity index (χ2n) is 3.36. The predicted molar refractivity (Wildman–Crippen MR) is 61.7 cm³/mol. The van der Waals surface area contributed by atoms with Crippen LogP contribution in [0.4, 0.5) is 0 Å². The summed E-state index contributed by atoms with van der Waals surface area (Å²) in [6.07, 6.45) is 3.46. The van der Waals surface area contributed by atoms with Crippen LogP contribution in [0.2, 0.25) is 5.02 Å². The largest absolute Gasteiger partial charge is 0.239 e. The topological polar surface area (TPSA) is 72.3 Å². The molecule has 0 saturated heterocycles. The molecule has 17 heavy (non-hydrogen) atoms. The number of halogens is 1. The molecule has 0 unspecified atom stereocenters. The van der Waals surface area contributed by atoms with Gasteiger partial charge in [-0.05, 0) is 17.3 Å². The minimum atomic E-state index is 0.503. The summed E-state index contributed by atoms with van der Waals surface area (Å²) < 4.78 is 1.67. The number of hydrogen-bond donors (Lipinski definition) is 1. The fourth-order valence-electron chi connectivity index (χ4n) is 1.49. The predicted octanol–water partition coefficient (Wildman–Crippen LogP) is 1.71. The van der Waals surface area contributed by atoms with Crippen molar-refractivity contribution in [3.63, 3.8) is 0 Å². The van der Waals surface area contributed by atoms with Crippen LogP contribution in [0.15, 0.2) is 36.7 Å². The van der Waals surface area contributed by atoms with E-state index in [1.165, 1.54) is 0 Å². The van der Waals surface area contributed by atoms with E-state index in [4.69, 9.17) is 11.6 Å². The average molecular weight is 247 g/mol. The number of tetrazole rings is 1. The number of hydrogen-bond acceptors (Lipinski definition) is 4. The first-order valence-corrected chi connectivity index (χ1v) is 5.26. The number of benzene rings is 1. The zero-order valence-electron chi connectivity index (χ0n) is 8.58. The molecule has 0 aliphatic heterocycles. The van der Waals surface area contributed by atoms with Crippen LogP contribution in [0.3, 0.4) is 0 Å². The maximum atomic E-state index is 6.08.